The first kappa shape index (κ1) is 21.4. The lowest BCUT2D eigenvalue weighted by molar-refractivity contribution is -0.113. The lowest BCUT2D eigenvalue weighted by Gasteiger charge is -2.06. The molecule has 0 spiro atoms. The number of carboxylic acids is 1. The first-order valence-corrected chi connectivity index (χ1v) is 11.1. The highest BCUT2D eigenvalue weighted by atomic mass is 32.2. The predicted molar refractivity (Wildman–Crippen MR) is 117 cm³/mol. The first-order chi connectivity index (χ1) is 14.3. The van der Waals surface area contributed by atoms with Crippen molar-refractivity contribution in [2.24, 2.45) is 5.73 Å². The number of thiophene rings is 1. The summed E-state index contributed by atoms with van der Waals surface area (Å²) in [6.07, 6.45) is 0. The number of aromatic carboxylic acids is 1. The smallest absolute Gasteiger partial charge is 0.335 e. The van der Waals surface area contributed by atoms with Crippen molar-refractivity contribution in [2.75, 3.05) is 11.1 Å². The molecule has 154 valence electrons. The minimum absolute atomic E-state index is 0.0386. The van der Waals surface area contributed by atoms with Gasteiger partial charge in [-0.05, 0) is 29.3 Å². The first-order valence-electron chi connectivity index (χ1n) is 8.79. The molecule has 4 N–H and O–H groups in total. The zero-order chi connectivity index (χ0) is 21.7. The summed E-state index contributed by atoms with van der Waals surface area (Å²) in [4.78, 5) is 35.9. The second kappa shape index (κ2) is 9.47. The van der Waals surface area contributed by atoms with Gasteiger partial charge in [0.05, 0.1) is 11.1 Å². The Hall–Kier alpha value is -3.30. The van der Waals surface area contributed by atoms with Crippen molar-refractivity contribution in [3.63, 3.8) is 0 Å². The van der Waals surface area contributed by atoms with Gasteiger partial charge in [0.1, 0.15) is 10.8 Å². The molecule has 0 aliphatic heterocycles. The summed E-state index contributed by atoms with van der Waals surface area (Å²) in [5.74, 6) is -2.53. The minimum atomic E-state index is -1.56. The average Bonchev–Trinajstić information content (AvgIpc) is 3.12. The van der Waals surface area contributed by atoms with Gasteiger partial charge in [-0.15, -0.1) is 11.3 Å². The van der Waals surface area contributed by atoms with Crippen molar-refractivity contribution in [3.05, 3.63) is 77.4 Å². The molecule has 0 aliphatic rings. The largest absolute Gasteiger partial charge is 0.478 e. The summed E-state index contributed by atoms with van der Waals surface area (Å²) in [6, 6.07) is 17.0. The van der Waals surface area contributed by atoms with E-state index in [1.54, 1.807) is 18.2 Å². The third-order valence-corrected chi connectivity index (χ3v) is 6.44. The molecule has 30 heavy (non-hydrogen) atoms. The highest BCUT2D eigenvalue weighted by Crippen LogP contribution is 2.35. The summed E-state index contributed by atoms with van der Waals surface area (Å²) < 4.78 is 12.4. The van der Waals surface area contributed by atoms with Gasteiger partial charge in [0, 0.05) is 21.4 Å². The third-order valence-electron chi connectivity index (χ3n) is 4.10. The topological polar surface area (TPSA) is 127 Å². The SMILES string of the molecule is NC(=O)c1cc(-c2ccccc2)sc1NC(=O)CS(=O)Cc1cccc(C(=O)O)c1. The van der Waals surface area contributed by atoms with E-state index in [-0.39, 0.29) is 22.6 Å². The van der Waals surface area contributed by atoms with Gasteiger partial charge in [-0.2, -0.15) is 0 Å². The maximum Gasteiger partial charge on any atom is 0.335 e. The van der Waals surface area contributed by atoms with Crippen molar-refractivity contribution >= 4 is 44.9 Å². The summed E-state index contributed by atoms with van der Waals surface area (Å²) in [5.41, 5.74) is 7.15. The van der Waals surface area contributed by atoms with Crippen molar-refractivity contribution in [2.45, 2.75) is 5.75 Å². The molecule has 0 aliphatic carbocycles. The molecule has 1 heterocycles. The number of carbonyl (C=O) groups is 3. The van der Waals surface area contributed by atoms with Crippen LogP contribution in [-0.2, 0) is 21.3 Å². The highest BCUT2D eigenvalue weighted by molar-refractivity contribution is 7.85. The number of benzene rings is 2. The lowest BCUT2D eigenvalue weighted by atomic mass is 10.1. The molecule has 1 atom stereocenters. The Morgan fingerprint density at radius 2 is 1.77 bits per heavy atom. The van der Waals surface area contributed by atoms with E-state index in [9.17, 15) is 18.6 Å². The van der Waals surface area contributed by atoms with Gasteiger partial charge in [-0.3, -0.25) is 13.8 Å². The van der Waals surface area contributed by atoms with Crippen molar-refractivity contribution in [1.82, 2.24) is 0 Å². The maximum absolute atomic E-state index is 12.4. The Morgan fingerprint density at radius 1 is 1.03 bits per heavy atom. The van der Waals surface area contributed by atoms with E-state index in [1.807, 2.05) is 30.3 Å². The van der Waals surface area contributed by atoms with Crippen LogP contribution in [0.3, 0.4) is 0 Å². The zero-order valence-corrected chi connectivity index (χ0v) is 17.3. The second-order valence-corrected chi connectivity index (χ2v) is 8.88. The lowest BCUT2D eigenvalue weighted by Crippen LogP contribution is -2.21. The van der Waals surface area contributed by atoms with Crippen LogP contribution in [0.15, 0.2) is 60.7 Å². The molecular weight excluding hydrogens is 424 g/mol. The zero-order valence-electron chi connectivity index (χ0n) is 15.7. The number of hydrogen-bond donors (Lipinski definition) is 3. The minimum Gasteiger partial charge on any atom is -0.478 e. The van der Waals surface area contributed by atoms with E-state index >= 15 is 0 Å². The Morgan fingerprint density at radius 3 is 2.43 bits per heavy atom. The van der Waals surface area contributed by atoms with Gasteiger partial charge in [0.2, 0.25) is 5.91 Å². The van der Waals surface area contributed by atoms with Crippen LogP contribution in [-0.4, -0.2) is 32.9 Å². The maximum atomic E-state index is 12.4. The van der Waals surface area contributed by atoms with E-state index < -0.39 is 28.6 Å². The summed E-state index contributed by atoms with van der Waals surface area (Å²) in [6.45, 7) is 0. The third kappa shape index (κ3) is 5.40. The number of hydrogen-bond acceptors (Lipinski definition) is 5. The van der Waals surface area contributed by atoms with Gasteiger partial charge < -0.3 is 16.2 Å². The molecule has 0 saturated heterocycles. The molecule has 3 aromatic rings. The summed E-state index contributed by atoms with van der Waals surface area (Å²) >= 11 is 1.21. The number of carbonyl (C=O) groups excluding carboxylic acids is 2. The monoisotopic (exact) mass is 442 g/mol. The normalized spacial score (nSPS) is 11.6. The average molecular weight is 443 g/mol. The molecular formula is C21H18N2O5S2. The molecule has 1 aromatic heterocycles. The molecule has 0 radical (unpaired) electrons. The van der Waals surface area contributed by atoms with Crippen molar-refractivity contribution in [3.8, 4) is 10.4 Å². The van der Waals surface area contributed by atoms with Crippen LogP contribution in [0.5, 0.6) is 0 Å². The summed E-state index contributed by atoms with van der Waals surface area (Å²) in [7, 11) is -1.56. The Bertz CT molecular complexity index is 1130. The molecule has 9 heteroatoms. The van der Waals surface area contributed by atoms with Crippen molar-refractivity contribution < 1.29 is 23.7 Å². The number of nitrogens with one attached hydrogen (secondary N) is 1. The molecule has 2 aromatic carbocycles. The van der Waals surface area contributed by atoms with Crippen LogP contribution in [0.25, 0.3) is 10.4 Å². The molecule has 2 amide bonds. The van der Waals surface area contributed by atoms with Gasteiger partial charge in [0.15, 0.2) is 0 Å². The van der Waals surface area contributed by atoms with E-state index in [0.29, 0.717) is 10.6 Å². The number of anilines is 1. The van der Waals surface area contributed by atoms with Gasteiger partial charge in [-0.1, -0.05) is 42.5 Å². The molecule has 0 fully saturated rings. The number of amides is 2. The molecule has 1 unspecified atom stereocenters. The van der Waals surface area contributed by atoms with Gasteiger partial charge >= 0.3 is 5.97 Å². The molecule has 7 nitrogen and oxygen atoms in total. The van der Waals surface area contributed by atoms with Crippen LogP contribution in [0.1, 0.15) is 26.3 Å². The van der Waals surface area contributed by atoms with E-state index in [2.05, 4.69) is 5.32 Å². The number of carboxylic acid groups (broad SMARTS) is 1. The predicted octanol–water partition coefficient (Wildman–Crippen LogP) is 3.10. The van der Waals surface area contributed by atoms with Crippen LogP contribution in [0.2, 0.25) is 0 Å². The number of rotatable bonds is 8. The molecule has 0 saturated carbocycles. The fourth-order valence-corrected chi connectivity index (χ4v) is 4.85. The number of primary amides is 1. The van der Waals surface area contributed by atoms with E-state index in [0.717, 1.165) is 10.4 Å². The van der Waals surface area contributed by atoms with E-state index in [4.69, 9.17) is 10.8 Å². The Balaban J connectivity index is 1.69. The van der Waals surface area contributed by atoms with Crippen LogP contribution in [0.4, 0.5) is 5.00 Å². The van der Waals surface area contributed by atoms with Gasteiger partial charge in [0.25, 0.3) is 5.91 Å². The molecule has 3 rings (SSSR count). The van der Waals surface area contributed by atoms with E-state index in [1.165, 1.54) is 23.5 Å². The number of nitrogens with two attached hydrogens (primary N) is 1. The standard InChI is InChI=1S/C21H18N2O5S2/c22-19(25)16-10-17(14-6-2-1-3-7-14)29-20(16)23-18(24)12-30(28)11-13-5-4-8-15(9-13)21(26)27/h1-10H,11-12H2,(H2,22,25)(H,23,24)(H,26,27). The molecule has 0 bridgehead atoms. The highest BCUT2D eigenvalue weighted by Gasteiger charge is 2.18. The van der Waals surface area contributed by atoms with Crippen LogP contribution < -0.4 is 11.1 Å². The fourth-order valence-electron chi connectivity index (χ4n) is 2.75. The van der Waals surface area contributed by atoms with Gasteiger partial charge in [-0.25, -0.2) is 4.79 Å². The van der Waals surface area contributed by atoms with Crippen molar-refractivity contribution in [1.29, 1.82) is 0 Å². The Labute approximate surface area is 179 Å². The second-order valence-electron chi connectivity index (χ2n) is 6.37. The quantitative estimate of drug-likeness (QED) is 0.494. The fraction of sp³-hybridized carbons (Fsp3) is 0.0952. The summed E-state index contributed by atoms with van der Waals surface area (Å²) in [5, 5.41) is 12.0. The Kier molecular flexibility index (Phi) is 6.76. The van der Waals surface area contributed by atoms with Crippen LogP contribution >= 0.6 is 11.3 Å². The van der Waals surface area contributed by atoms with Crippen LogP contribution in [0, 0.1) is 0 Å².